The molecule has 111 valence electrons. The summed E-state index contributed by atoms with van der Waals surface area (Å²) in [5.41, 5.74) is 2.62. The van der Waals surface area contributed by atoms with Gasteiger partial charge in [-0.1, -0.05) is 65.8 Å². The van der Waals surface area contributed by atoms with E-state index in [0.717, 1.165) is 18.5 Å². The van der Waals surface area contributed by atoms with Gasteiger partial charge in [0.1, 0.15) is 5.75 Å². The SMILES string of the molecule is CC(C)(C)c1ccc2c(O[B]O)cc(C(C)(C)C)cc2c1. The van der Waals surface area contributed by atoms with Crippen LogP contribution in [-0.2, 0) is 10.8 Å². The van der Waals surface area contributed by atoms with Crippen LogP contribution in [0.3, 0.4) is 0 Å². The largest absolute Gasteiger partial charge is 0.569 e. The Hall–Kier alpha value is -1.48. The molecule has 0 spiro atoms. The molecule has 0 aliphatic rings. The molecule has 0 aromatic heterocycles. The second-order valence-corrected chi connectivity index (χ2v) is 7.63. The summed E-state index contributed by atoms with van der Waals surface area (Å²) in [6, 6.07) is 10.6. The molecular weight excluding hydrogens is 259 g/mol. The van der Waals surface area contributed by atoms with E-state index in [2.05, 4.69) is 65.8 Å². The van der Waals surface area contributed by atoms with Crippen LogP contribution >= 0.6 is 0 Å². The predicted octanol–water partition coefficient (Wildman–Crippen LogP) is 4.34. The normalized spacial score (nSPS) is 12.5. The fourth-order valence-corrected chi connectivity index (χ4v) is 2.39. The van der Waals surface area contributed by atoms with E-state index in [4.69, 9.17) is 9.68 Å². The summed E-state index contributed by atoms with van der Waals surface area (Å²) in [6.45, 7) is 13.2. The zero-order chi connectivity index (χ0) is 15.8. The van der Waals surface area contributed by atoms with Crippen LogP contribution in [0.15, 0.2) is 30.3 Å². The van der Waals surface area contributed by atoms with Crippen molar-refractivity contribution in [1.82, 2.24) is 0 Å². The molecule has 0 aliphatic heterocycles. The Bertz CT molecular complexity index is 643. The summed E-state index contributed by atoms with van der Waals surface area (Å²) in [6.07, 6.45) is 0. The highest BCUT2D eigenvalue weighted by Crippen LogP contribution is 2.35. The minimum atomic E-state index is 0.0273. The predicted molar refractivity (Wildman–Crippen MR) is 89.9 cm³/mol. The molecule has 0 aliphatic carbocycles. The van der Waals surface area contributed by atoms with Crippen LogP contribution in [0, 0.1) is 0 Å². The lowest BCUT2D eigenvalue weighted by atomic mass is 9.83. The lowest BCUT2D eigenvalue weighted by Gasteiger charge is -2.23. The first-order chi connectivity index (χ1) is 9.63. The van der Waals surface area contributed by atoms with Crippen LogP contribution in [-0.4, -0.2) is 12.7 Å². The molecule has 0 atom stereocenters. The molecule has 1 radical (unpaired) electrons. The van der Waals surface area contributed by atoms with E-state index in [1.165, 1.54) is 11.1 Å². The monoisotopic (exact) mass is 283 g/mol. The molecule has 2 nitrogen and oxygen atoms in total. The van der Waals surface area contributed by atoms with E-state index in [0.29, 0.717) is 5.75 Å². The molecule has 3 heteroatoms. The van der Waals surface area contributed by atoms with E-state index < -0.39 is 0 Å². The maximum absolute atomic E-state index is 9.01. The van der Waals surface area contributed by atoms with Crippen molar-refractivity contribution >= 4 is 18.5 Å². The van der Waals surface area contributed by atoms with Crippen LogP contribution < -0.4 is 4.65 Å². The van der Waals surface area contributed by atoms with E-state index in [1.54, 1.807) is 0 Å². The van der Waals surface area contributed by atoms with Crippen molar-refractivity contribution in [3.63, 3.8) is 0 Å². The van der Waals surface area contributed by atoms with Crippen LogP contribution in [0.5, 0.6) is 5.75 Å². The first-order valence-electron chi connectivity index (χ1n) is 7.34. The Kier molecular flexibility index (Phi) is 4.07. The van der Waals surface area contributed by atoms with Gasteiger partial charge >= 0.3 is 7.69 Å². The quantitative estimate of drug-likeness (QED) is 0.831. The van der Waals surface area contributed by atoms with Crippen molar-refractivity contribution in [2.24, 2.45) is 0 Å². The van der Waals surface area contributed by atoms with Gasteiger partial charge in [0.05, 0.1) is 0 Å². The van der Waals surface area contributed by atoms with E-state index in [-0.39, 0.29) is 10.8 Å². The van der Waals surface area contributed by atoms with Crippen molar-refractivity contribution in [3.8, 4) is 5.75 Å². The smallest absolute Gasteiger partial charge is 0.537 e. The molecule has 0 saturated carbocycles. The lowest BCUT2D eigenvalue weighted by Crippen LogP contribution is -2.13. The molecule has 0 amide bonds. The maximum Gasteiger partial charge on any atom is 0.569 e. The van der Waals surface area contributed by atoms with Gasteiger partial charge in [-0.25, -0.2) is 0 Å². The van der Waals surface area contributed by atoms with E-state index in [1.807, 2.05) is 6.07 Å². The van der Waals surface area contributed by atoms with Crippen LogP contribution in [0.25, 0.3) is 10.8 Å². The highest BCUT2D eigenvalue weighted by molar-refractivity contribution is 6.18. The average molecular weight is 283 g/mol. The minimum absolute atomic E-state index is 0.0273. The highest BCUT2D eigenvalue weighted by atomic mass is 16.5. The lowest BCUT2D eigenvalue weighted by molar-refractivity contribution is 0.455. The standard InChI is InChI=1S/C18H24BO2/c1-17(2,3)13-7-8-15-12(9-13)10-14(18(4,5)6)11-16(15)21-19-20/h7-11,20H,1-6H3. The Balaban J connectivity index is 2.71. The molecule has 0 saturated heterocycles. The van der Waals surface area contributed by atoms with Gasteiger partial charge in [-0.15, -0.1) is 0 Å². The van der Waals surface area contributed by atoms with Crippen LogP contribution in [0.4, 0.5) is 0 Å². The van der Waals surface area contributed by atoms with Crippen molar-refractivity contribution in [3.05, 3.63) is 41.5 Å². The Morgan fingerprint density at radius 3 is 1.95 bits per heavy atom. The topological polar surface area (TPSA) is 29.5 Å². The molecule has 2 aromatic rings. The summed E-state index contributed by atoms with van der Waals surface area (Å²) in [5, 5.41) is 11.2. The number of fused-ring (bicyclic) bond motifs is 1. The summed E-state index contributed by atoms with van der Waals surface area (Å²) in [4.78, 5) is 0. The molecule has 0 bridgehead atoms. The van der Waals surface area contributed by atoms with Gasteiger partial charge in [0.15, 0.2) is 0 Å². The number of hydrogen-bond donors (Lipinski definition) is 1. The van der Waals surface area contributed by atoms with Crippen LogP contribution in [0.2, 0.25) is 0 Å². The third-order valence-corrected chi connectivity index (χ3v) is 3.83. The first kappa shape index (κ1) is 15.9. The fourth-order valence-electron chi connectivity index (χ4n) is 2.39. The zero-order valence-corrected chi connectivity index (χ0v) is 13.8. The van der Waals surface area contributed by atoms with Gasteiger partial charge in [0.25, 0.3) is 0 Å². The minimum Gasteiger partial charge on any atom is -0.537 e. The summed E-state index contributed by atoms with van der Waals surface area (Å²) >= 11 is 0. The zero-order valence-electron chi connectivity index (χ0n) is 13.8. The molecule has 2 aromatic carbocycles. The number of benzene rings is 2. The van der Waals surface area contributed by atoms with Crippen molar-refractivity contribution in [2.45, 2.75) is 52.4 Å². The second-order valence-electron chi connectivity index (χ2n) is 7.63. The molecule has 0 fully saturated rings. The average Bonchev–Trinajstić information content (AvgIpc) is 2.36. The third kappa shape index (κ3) is 3.41. The van der Waals surface area contributed by atoms with Crippen molar-refractivity contribution in [1.29, 1.82) is 0 Å². The van der Waals surface area contributed by atoms with Crippen molar-refractivity contribution in [2.75, 3.05) is 0 Å². The number of rotatable bonds is 2. The van der Waals surface area contributed by atoms with E-state index in [9.17, 15) is 0 Å². The Morgan fingerprint density at radius 2 is 1.43 bits per heavy atom. The molecule has 1 N–H and O–H groups in total. The molecule has 21 heavy (non-hydrogen) atoms. The second kappa shape index (κ2) is 5.38. The van der Waals surface area contributed by atoms with Gasteiger partial charge in [0, 0.05) is 5.39 Å². The van der Waals surface area contributed by atoms with Gasteiger partial charge in [0.2, 0.25) is 0 Å². The fraction of sp³-hybridized carbons (Fsp3) is 0.444. The molecule has 0 heterocycles. The maximum atomic E-state index is 9.01. The van der Waals surface area contributed by atoms with Gasteiger partial charge < -0.3 is 9.68 Å². The van der Waals surface area contributed by atoms with E-state index >= 15 is 0 Å². The summed E-state index contributed by atoms with van der Waals surface area (Å²) < 4.78 is 5.31. The molecule has 0 unspecified atom stereocenters. The van der Waals surface area contributed by atoms with Crippen LogP contribution in [0.1, 0.15) is 52.7 Å². The Labute approximate surface area is 128 Å². The molecular formula is C18H24BO2. The number of hydrogen-bond acceptors (Lipinski definition) is 2. The first-order valence-corrected chi connectivity index (χ1v) is 7.34. The summed E-state index contributed by atoms with van der Waals surface area (Å²) in [7, 11) is 0.749. The Morgan fingerprint density at radius 1 is 0.857 bits per heavy atom. The van der Waals surface area contributed by atoms with Gasteiger partial charge in [-0.05, 0) is 33.4 Å². The van der Waals surface area contributed by atoms with Crippen molar-refractivity contribution < 1.29 is 9.68 Å². The van der Waals surface area contributed by atoms with Gasteiger partial charge in [-0.3, -0.25) is 0 Å². The molecule has 2 rings (SSSR count). The third-order valence-electron chi connectivity index (χ3n) is 3.83. The summed E-state index contributed by atoms with van der Waals surface area (Å²) in [5.74, 6) is 0.695. The van der Waals surface area contributed by atoms with Gasteiger partial charge in [-0.2, -0.15) is 0 Å². The highest BCUT2D eigenvalue weighted by Gasteiger charge is 2.19.